The van der Waals surface area contributed by atoms with Crippen LogP contribution in [-0.4, -0.2) is 19.1 Å². The molecule has 1 N–H and O–H groups in total. The summed E-state index contributed by atoms with van der Waals surface area (Å²) in [4.78, 5) is 11.2. The molecule has 0 unspecified atom stereocenters. The molecule has 0 bridgehead atoms. The molecular weight excluding hydrogens is 202 g/mol. The Hall–Kier alpha value is -1.51. The van der Waals surface area contributed by atoms with Crippen LogP contribution in [-0.2, 0) is 4.79 Å². The molecule has 1 aromatic rings. The molecule has 0 atom stereocenters. The maximum Gasteiger partial charge on any atom is 0.223 e. The number of nitrogens with one attached hydrogen (secondary N) is 1. The average Bonchev–Trinajstić information content (AvgIpc) is 2.22. The van der Waals surface area contributed by atoms with E-state index in [0.717, 1.165) is 11.3 Å². The van der Waals surface area contributed by atoms with Gasteiger partial charge in [0.25, 0.3) is 0 Å². The summed E-state index contributed by atoms with van der Waals surface area (Å²) in [6.45, 7) is 7.06. The topological polar surface area (TPSA) is 38.3 Å². The fourth-order valence-electron chi connectivity index (χ4n) is 1.50. The molecule has 0 aromatic heterocycles. The van der Waals surface area contributed by atoms with Gasteiger partial charge in [0, 0.05) is 6.54 Å². The molecule has 0 radical (unpaired) electrons. The molecule has 16 heavy (non-hydrogen) atoms. The van der Waals surface area contributed by atoms with Gasteiger partial charge < -0.3 is 10.1 Å². The van der Waals surface area contributed by atoms with Gasteiger partial charge in [-0.05, 0) is 32.4 Å². The lowest BCUT2D eigenvalue weighted by Gasteiger charge is -2.09. The van der Waals surface area contributed by atoms with Crippen molar-refractivity contribution < 1.29 is 9.53 Å². The highest BCUT2D eigenvalue weighted by Crippen LogP contribution is 2.18. The van der Waals surface area contributed by atoms with Crippen molar-refractivity contribution in [2.24, 2.45) is 0 Å². The number of aryl methyl sites for hydroxylation is 2. The molecule has 0 saturated heterocycles. The van der Waals surface area contributed by atoms with E-state index in [9.17, 15) is 4.79 Å². The van der Waals surface area contributed by atoms with Crippen LogP contribution >= 0.6 is 0 Å². The van der Waals surface area contributed by atoms with Crippen LogP contribution in [0.25, 0.3) is 0 Å². The van der Waals surface area contributed by atoms with Gasteiger partial charge >= 0.3 is 0 Å². The second kappa shape index (κ2) is 6.16. The van der Waals surface area contributed by atoms with Crippen molar-refractivity contribution in [3.63, 3.8) is 0 Å². The number of amides is 1. The molecule has 0 saturated carbocycles. The van der Waals surface area contributed by atoms with E-state index in [4.69, 9.17) is 4.74 Å². The Labute approximate surface area is 96.8 Å². The summed E-state index contributed by atoms with van der Waals surface area (Å²) in [5.41, 5.74) is 2.32. The number of benzene rings is 1. The predicted molar refractivity (Wildman–Crippen MR) is 64.7 cm³/mol. The number of carbonyl (C=O) groups excluding carboxylic acids is 1. The van der Waals surface area contributed by atoms with Gasteiger partial charge in [0.2, 0.25) is 5.91 Å². The van der Waals surface area contributed by atoms with Gasteiger partial charge in [-0.15, -0.1) is 0 Å². The highest BCUT2D eigenvalue weighted by atomic mass is 16.5. The van der Waals surface area contributed by atoms with Crippen molar-refractivity contribution in [2.45, 2.75) is 27.2 Å². The molecule has 0 aliphatic rings. The second-order valence-corrected chi connectivity index (χ2v) is 3.82. The molecule has 3 heteroatoms. The van der Waals surface area contributed by atoms with Crippen LogP contribution in [0, 0.1) is 13.8 Å². The third-order valence-corrected chi connectivity index (χ3v) is 2.29. The third kappa shape index (κ3) is 3.93. The number of carbonyl (C=O) groups is 1. The summed E-state index contributed by atoms with van der Waals surface area (Å²) in [5.74, 6) is 0.891. The predicted octanol–water partition coefficient (Wildman–Crippen LogP) is 2.21. The first-order valence-electron chi connectivity index (χ1n) is 5.60. The van der Waals surface area contributed by atoms with Crippen molar-refractivity contribution in [3.8, 4) is 5.75 Å². The zero-order valence-electron chi connectivity index (χ0n) is 10.2. The summed E-state index contributed by atoms with van der Waals surface area (Å²) in [5, 5.41) is 2.74. The quantitative estimate of drug-likeness (QED) is 0.827. The van der Waals surface area contributed by atoms with E-state index < -0.39 is 0 Å². The average molecular weight is 221 g/mol. The van der Waals surface area contributed by atoms with Gasteiger partial charge in [-0.3, -0.25) is 4.79 Å². The van der Waals surface area contributed by atoms with Crippen molar-refractivity contribution in [1.82, 2.24) is 5.32 Å². The fourth-order valence-corrected chi connectivity index (χ4v) is 1.50. The Bertz CT molecular complexity index is 361. The number of ether oxygens (including phenoxy) is 1. The first-order chi connectivity index (χ1) is 7.63. The highest BCUT2D eigenvalue weighted by molar-refractivity contribution is 5.75. The lowest BCUT2D eigenvalue weighted by molar-refractivity contribution is -0.121. The van der Waals surface area contributed by atoms with E-state index >= 15 is 0 Å². The van der Waals surface area contributed by atoms with Crippen LogP contribution in [0.15, 0.2) is 18.2 Å². The summed E-state index contributed by atoms with van der Waals surface area (Å²) < 4.78 is 5.55. The molecule has 0 spiro atoms. The minimum Gasteiger partial charge on any atom is -0.493 e. The van der Waals surface area contributed by atoms with Gasteiger partial charge in [-0.25, -0.2) is 0 Å². The lowest BCUT2D eigenvalue weighted by atomic mass is 10.1. The van der Waals surface area contributed by atoms with Crippen LogP contribution in [0.4, 0.5) is 0 Å². The summed E-state index contributed by atoms with van der Waals surface area (Å²) in [6.07, 6.45) is 0.404. The number of hydrogen-bond donors (Lipinski definition) is 1. The largest absolute Gasteiger partial charge is 0.493 e. The normalized spacial score (nSPS) is 9.94. The molecule has 1 amide bonds. The smallest absolute Gasteiger partial charge is 0.223 e. The Kier molecular flexibility index (Phi) is 4.83. The lowest BCUT2D eigenvalue weighted by Crippen LogP contribution is -2.24. The maximum atomic E-state index is 11.2. The van der Waals surface area contributed by atoms with E-state index in [1.54, 1.807) is 0 Å². The highest BCUT2D eigenvalue weighted by Gasteiger charge is 2.02. The van der Waals surface area contributed by atoms with Crippen molar-refractivity contribution in [2.75, 3.05) is 13.2 Å². The van der Waals surface area contributed by atoms with Gasteiger partial charge in [0.15, 0.2) is 0 Å². The molecule has 0 heterocycles. The molecule has 88 valence electrons. The van der Waals surface area contributed by atoms with E-state index in [2.05, 4.69) is 11.4 Å². The van der Waals surface area contributed by atoms with Crippen molar-refractivity contribution in [3.05, 3.63) is 29.3 Å². The minimum absolute atomic E-state index is 0.0345. The monoisotopic (exact) mass is 221 g/mol. The Balaban J connectivity index is 2.40. The van der Waals surface area contributed by atoms with Crippen LogP contribution in [0.2, 0.25) is 0 Å². The van der Waals surface area contributed by atoms with Crippen molar-refractivity contribution in [1.29, 1.82) is 0 Å². The van der Waals surface area contributed by atoms with E-state index in [1.165, 1.54) is 5.56 Å². The SMILES string of the molecule is CCNC(=O)CCOc1ccc(C)cc1C. The minimum atomic E-state index is 0.0345. The first-order valence-corrected chi connectivity index (χ1v) is 5.60. The zero-order chi connectivity index (χ0) is 12.0. The van der Waals surface area contributed by atoms with Gasteiger partial charge in [0.05, 0.1) is 13.0 Å². The first kappa shape index (κ1) is 12.6. The van der Waals surface area contributed by atoms with Crippen LogP contribution in [0.5, 0.6) is 5.75 Å². The molecule has 1 rings (SSSR count). The summed E-state index contributed by atoms with van der Waals surface area (Å²) in [7, 11) is 0. The molecule has 1 aromatic carbocycles. The van der Waals surface area contributed by atoms with Crippen LogP contribution < -0.4 is 10.1 Å². The Morgan fingerprint density at radius 1 is 1.38 bits per heavy atom. The number of rotatable bonds is 5. The standard InChI is InChI=1S/C13H19NO2/c1-4-14-13(15)7-8-16-12-6-5-10(2)9-11(12)3/h5-6,9H,4,7-8H2,1-3H3,(H,14,15). The van der Waals surface area contributed by atoms with Crippen molar-refractivity contribution >= 4 is 5.91 Å². The number of hydrogen-bond acceptors (Lipinski definition) is 2. The zero-order valence-corrected chi connectivity index (χ0v) is 10.2. The molecule has 0 fully saturated rings. The van der Waals surface area contributed by atoms with E-state index in [-0.39, 0.29) is 5.91 Å². The van der Waals surface area contributed by atoms with E-state index in [1.807, 2.05) is 32.9 Å². The van der Waals surface area contributed by atoms with Gasteiger partial charge in [0.1, 0.15) is 5.75 Å². The van der Waals surface area contributed by atoms with Gasteiger partial charge in [-0.1, -0.05) is 17.7 Å². The van der Waals surface area contributed by atoms with Crippen LogP contribution in [0.3, 0.4) is 0 Å². The Morgan fingerprint density at radius 2 is 2.12 bits per heavy atom. The fraction of sp³-hybridized carbons (Fsp3) is 0.462. The van der Waals surface area contributed by atoms with Gasteiger partial charge in [-0.2, -0.15) is 0 Å². The Morgan fingerprint density at radius 3 is 2.75 bits per heavy atom. The molecular formula is C13H19NO2. The molecule has 3 nitrogen and oxygen atoms in total. The van der Waals surface area contributed by atoms with Crippen LogP contribution in [0.1, 0.15) is 24.5 Å². The third-order valence-electron chi connectivity index (χ3n) is 2.29. The summed E-state index contributed by atoms with van der Waals surface area (Å²) >= 11 is 0. The van der Waals surface area contributed by atoms with E-state index in [0.29, 0.717) is 19.6 Å². The summed E-state index contributed by atoms with van der Waals surface area (Å²) in [6, 6.07) is 6.03. The molecule has 0 aliphatic carbocycles. The maximum absolute atomic E-state index is 11.2. The molecule has 0 aliphatic heterocycles. The second-order valence-electron chi connectivity index (χ2n) is 3.82.